The summed E-state index contributed by atoms with van der Waals surface area (Å²) in [6.45, 7) is 1.90. The molecule has 7 heteroatoms. The van der Waals surface area contributed by atoms with Crippen LogP contribution in [0.25, 0.3) is 11.0 Å². The van der Waals surface area contributed by atoms with E-state index >= 15 is 0 Å². The molecule has 2 aromatic heterocycles. The minimum absolute atomic E-state index is 0.141. The summed E-state index contributed by atoms with van der Waals surface area (Å²) < 4.78 is 10.8. The largest absolute Gasteiger partial charge is 0.438 e. The van der Waals surface area contributed by atoms with E-state index in [-0.39, 0.29) is 12.3 Å². The summed E-state index contributed by atoms with van der Waals surface area (Å²) in [6.07, 6.45) is 0.141. The number of para-hydroxylation sites is 1. The molecule has 0 unspecified atom stereocenters. The average Bonchev–Trinajstić information content (AvgIpc) is 3.23. The third kappa shape index (κ3) is 3.41. The van der Waals surface area contributed by atoms with Crippen molar-refractivity contribution in [3.63, 3.8) is 0 Å². The normalized spacial score (nSPS) is 10.8. The molecule has 2 aromatic carbocycles. The van der Waals surface area contributed by atoms with E-state index in [1.807, 2.05) is 31.2 Å². The first kappa shape index (κ1) is 15.9. The quantitative estimate of drug-likeness (QED) is 0.572. The number of aryl methyl sites for hydroxylation is 1. The number of aromatic nitrogens is 3. The van der Waals surface area contributed by atoms with Crippen LogP contribution >= 0.6 is 0 Å². The van der Waals surface area contributed by atoms with Gasteiger partial charge in [0.05, 0.1) is 6.42 Å². The molecule has 0 fully saturated rings. The molecule has 26 heavy (non-hydrogen) atoms. The number of rotatable bonds is 5. The lowest BCUT2D eigenvalue weighted by Gasteiger charge is -2.06. The topological polar surface area (TPSA) is 93.0 Å². The van der Waals surface area contributed by atoms with Crippen molar-refractivity contribution in [3.8, 4) is 11.6 Å². The fourth-order valence-corrected chi connectivity index (χ4v) is 2.60. The van der Waals surface area contributed by atoms with Gasteiger partial charge in [-0.05, 0) is 43.3 Å². The molecule has 0 aliphatic heterocycles. The smallest absolute Gasteiger partial charge is 0.238 e. The standard InChI is InChI=1S/C19H16N4O3/c1-12-10-19(22-21-12)25-14-8-6-13(7-9-14)20-18(24)11-16-15-4-2-3-5-17(15)26-23-16/h2-10H,11H2,1H3,(H,20,24)(H,21,22). The van der Waals surface area contributed by atoms with Crippen LogP contribution in [0.15, 0.2) is 59.1 Å². The summed E-state index contributed by atoms with van der Waals surface area (Å²) in [7, 11) is 0. The molecular formula is C19H16N4O3. The van der Waals surface area contributed by atoms with Crippen LogP contribution < -0.4 is 10.1 Å². The van der Waals surface area contributed by atoms with Gasteiger partial charge in [0, 0.05) is 22.8 Å². The van der Waals surface area contributed by atoms with Gasteiger partial charge in [-0.3, -0.25) is 9.89 Å². The summed E-state index contributed by atoms with van der Waals surface area (Å²) in [5.41, 5.74) is 2.88. The van der Waals surface area contributed by atoms with Gasteiger partial charge in [0.25, 0.3) is 0 Å². The van der Waals surface area contributed by atoms with Crippen molar-refractivity contribution in [2.75, 3.05) is 5.32 Å². The monoisotopic (exact) mass is 348 g/mol. The third-order valence-corrected chi connectivity index (χ3v) is 3.82. The Morgan fingerprint density at radius 1 is 1.19 bits per heavy atom. The number of nitrogens with one attached hydrogen (secondary N) is 2. The fourth-order valence-electron chi connectivity index (χ4n) is 2.60. The number of nitrogens with zero attached hydrogens (tertiary/aromatic N) is 2. The number of aromatic amines is 1. The molecule has 0 saturated heterocycles. The number of fused-ring (bicyclic) bond motifs is 1. The van der Waals surface area contributed by atoms with Gasteiger partial charge in [0.1, 0.15) is 11.4 Å². The van der Waals surface area contributed by atoms with Gasteiger partial charge in [-0.15, -0.1) is 5.10 Å². The second-order valence-corrected chi connectivity index (χ2v) is 5.87. The number of carbonyl (C=O) groups is 1. The van der Waals surface area contributed by atoms with Crippen molar-refractivity contribution in [3.05, 3.63) is 66.0 Å². The minimum Gasteiger partial charge on any atom is -0.438 e. The Hall–Kier alpha value is -3.61. The molecule has 0 atom stereocenters. The Labute approximate surface area is 149 Å². The molecule has 0 spiro atoms. The first-order valence-corrected chi connectivity index (χ1v) is 8.10. The number of hydrogen-bond donors (Lipinski definition) is 2. The molecule has 2 heterocycles. The van der Waals surface area contributed by atoms with Gasteiger partial charge < -0.3 is 14.6 Å². The third-order valence-electron chi connectivity index (χ3n) is 3.82. The zero-order valence-electron chi connectivity index (χ0n) is 14.0. The van der Waals surface area contributed by atoms with Crippen LogP contribution in [-0.2, 0) is 11.2 Å². The number of hydrogen-bond acceptors (Lipinski definition) is 5. The molecule has 0 radical (unpaired) electrons. The maximum absolute atomic E-state index is 12.3. The number of anilines is 1. The van der Waals surface area contributed by atoms with E-state index in [0.29, 0.717) is 28.6 Å². The SMILES string of the molecule is Cc1cc(Oc2ccc(NC(=O)Cc3noc4ccccc34)cc2)n[nH]1. The summed E-state index contributed by atoms with van der Waals surface area (Å²) >= 11 is 0. The van der Waals surface area contributed by atoms with E-state index in [4.69, 9.17) is 9.26 Å². The molecule has 4 aromatic rings. The van der Waals surface area contributed by atoms with Gasteiger partial charge in [-0.1, -0.05) is 17.3 Å². The fraction of sp³-hybridized carbons (Fsp3) is 0.105. The van der Waals surface area contributed by atoms with Crippen LogP contribution in [0.1, 0.15) is 11.4 Å². The van der Waals surface area contributed by atoms with Gasteiger partial charge in [0.2, 0.25) is 11.8 Å². The zero-order chi connectivity index (χ0) is 17.9. The lowest BCUT2D eigenvalue weighted by Crippen LogP contribution is -2.14. The first-order valence-electron chi connectivity index (χ1n) is 8.10. The summed E-state index contributed by atoms with van der Waals surface area (Å²) in [5, 5.41) is 14.5. The Morgan fingerprint density at radius 3 is 2.77 bits per heavy atom. The lowest BCUT2D eigenvalue weighted by molar-refractivity contribution is -0.115. The maximum Gasteiger partial charge on any atom is 0.238 e. The Balaban J connectivity index is 1.39. The number of H-pyrrole nitrogens is 1. The maximum atomic E-state index is 12.3. The van der Waals surface area contributed by atoms with Gasteiger partial charge in [-0.2, -0.15) is 0 Å². The van der Waals surface area contributed by atoms with Crippen LogP contribution in [0, 0.1) is 6.92 Å². The molecule has 7 nitrogen and oxygen atoms in total. The van der Waals surface area contributed by atoms with Gasteiger partial charge in [0.15, 0.2) is 5.58 Å². The van der Waals surface area contributed by atoms with Gasteiger partial charge in [-0.25, -0.2) is 0 Å². The van der Waals surface area contributed by atoms with E-state index in [1.54, 1.807) is 30.3 Å². The van der Waals surface area contributed by atoms with E-state index < -0.39 is 0 Å². The van der Waals surface area contributed by atoms with Crippen molar-refractivity contribution >= 4 is 22.6 Å². The van der Waals surface area contributed by atoms with E-state index in [9.17, 15) is 4.79 Å². The molecular weight excluding hydrogens is 332 g/mol. The van der Waals surface area contributed by atoms with Crippen molar-refractivity contribution < 1.29 is 14.1 Å². The van der Waals surface area contributed by atoms with Crippen LogP contribution in [0.2, 0.25) is 0 Å². The molecule has 4 rings (SSSR count). The van der Waals surface area contributed by atoms with Crippen molar-refractivity contribution in [2.24, 2.45) is 0 Å². The van der Waals surface area contributed by atoms with Crippen molar-refractivity contribution in [1.82, 2.24) is 15.4 Å². The van der Waals surface area contributed by atoms with E-state index in [1.165, 1.54) is 0 Å². The highest BCUT2D eigenvalue weighted by atomic mass is 16.5. The van der Waals surface area contributed by atoms with Crippen molar-refractivity contribution in [2.45, 2.75) is 13.3 Å². The Morgan fingerprint density at radius 2 is 2.00 bits per heavy atom. The highest BCUT2D eigenvalue weighted by Crippen LogP contribution is 2.22. The zero-order valence-corrected chi connectivity index (χ0v) is 14.0. The summed E-state index contributed by atoms with van der Waals surface area (Å²) in [6, 6.07) is 16.3. The lowest BCUT2D eigenvalue weighted by atomic mass is 10.1. The average molecular weight is 348 g/mol. The molecule has 130 valence electrons. The summed E-state index contributed by atoms with van der Waals surface area (Å²) in [5.74, 6) is 0.967. The predicted octanol–water partition coefficient (Wildman–Crippen LogP) is 3.83. The molecule has 1 amide bonds. The number of carbonyl (C=O) groups excluding carboxylic acids is 1. The Bertz CT molecular complexity index is 1050. The highest BCUT2D eigenvalue weighted by molar-refractivity contribution is 5.94. The predicted molar refractivity (Wildman–Crippen MR) is 96.2 cm³/mol. The van der Waals surface area contributed by atoms with Crippen LogP contribution in [0.3, 0.4) is 0 Å². The molecule has 0 aliphatic carbocycles. The summed E-state index contributed by atoms with van der Waals surface area (Å²) in [4.78, 5) is 12.3. The molecule has 0 aliphatic rings. The number of amides is 1. The van der Waals surface area contributed by atoms with E-state index in [0.717, 1.165) is 11.1 Å². The van der Waals surface area contributed by atoms with Crippen LogP contribution in [-0.4, -0.2) is 21.3 Å². The second kappa shape index (κ2) is 6.72. The molecule has 0 saturated carbocycles. The number of ether oxygens (including phenoxy) is 1. The highest BCUT2D eigenvalue weighted by Gasteiger charge is 2.12. The van der Waals surface area contributed by atoms with Gasteiger partial charge >= 0.3 is 0 Å². The number of benzene rings is 2. The van der Waals surface area contributed by atoms with Crippen LogP contribution in [0.4, 0.5) is 5.69 Å². The molecule has 0 bridgehead atoms. The second-order valence-electron chi connectivity index (χ2n) is 5.87. The van der Waals surface area contributed by atoms with E-state index in [2.05, 4.69) is 20.7 Å². The minimum atomic E-state index is -0.166. The van der Waals surface area contributed by atoms with Crippen molar-refractivity contribution in [1.29, 1.82) is 0 Å². The van der Waals surface area contributed by atoms with Crippen LogP contribution in [0.5, 0.6) is 11.6 Å². The molecule has 2 N–H and O–H groups in total. The Kier molecular flexibility index (Phi) is 4.10. The first-order chi connectivity index (χ1) is 12.7.